The molecule has 0 atom stereocenters. The Morgan fingerprint density at radius 2 is 2.38 bits per heavy atom. The van der Waals surface area contributed by atoms with Crippen LogP contribution in [0, 0.1) is 0 Å². The second-order valence-corrected chi connectivity index (χ2v) is 3.36. The lowest BCUT2D eigenvalue weighted by atomic mass is 10.2. The first-order chi connectivity index (χ1) is 6.33. The van der Waals surface area contributed by atoms with E-state index in [9.17, 15) is 0 Å². The molecule has 1 rings (SSSR count). The lowest BCUT2D eigenvalue weighted by Gasteiger charge is -1.95. The highest BCUT2D eigenvalue weighted by molar-refractivity contribution is 9.10. The van der Waals surface area contributed by atoms with Crippen LogP contribution in [0.15, 0.2) is 33.8 Å². The van der Waals surface area contributed by atoms with Crippen LogP contribution < -0.4 is 5.43 Å². The molecule has 3 nitrogen and oxygen atoms in total. The van der Waals surface area contributed by atoms with E-state index in [0.717, 1.165) is 10.0 Å². The van der Waals surface area contributed by atoms with Crippen LogP contribution in [-0.4, -0.2) is 24.5 Å². The molecule has 0 aliphatic rings. The number of hydrogen-bond acceptors (Lipinski definition) is 3. The topological polar surface area (TPSA) is 44.6 Å². The highest BCUT2D eigenvalue weighted by atomic mass is 79.9. The molecular weight excluding hydrogens is 232 g/mol. The molecule has 2 N–H and O–H groups in total. The van der Waals surface area contributed by atoms with E-state index >= 15 is 0 Å². The van der Waals surface area contributed by atoms with Gasteiger partial charge in [0.1, 0.15) is 0 Å². The van der Waals surface area contributed by atoms with Gasteiger partial charge in [-0.25, -0.2) is 0 Å². The standard InChI is InChI=1S/C9H11BrN2O/c10-9-3-1-2-8(6-9)7-12-11-4-5-13/h1-3,6-7,11,13H,4-5H2/b12-7+. The van der Waals surface area contributed by atoms with E-state index in [1.54, 1.807) is 6.21 Å². The Morgan fingerprint density at radius 3 is 3.08 bits per heavy atom. The molecule has 1 aromatic rings. The average molecular weight is 243 g/mol. The Hall–Kier alpha value is -0.870. The van der Waals surface area contributed by atoms with Crippen LogP contribution in [0.2, 0.25) is 0 Å². The fourth-order valence-corrected chi connectivity index (χ4v) is 1.24. The first kappa shape index (κ1) is 10.2. The van der Waals surface area contributed by atoms with Crippen LogP contribution in [0.1, 0.15) is 5.56 Å². The zero-order valence-corrected chi connectivity index (χ0v) is 8.66. The molecule has 0 saturated heterocycles. The quantitative estimate of drug-likeness (QED) is 0.476. The van der Waals surface area contributed by atoms with E-state index in [1.807, 2.05) is 24.3 Å². The van der Waals surface area contributed by atoms with E-state index in [1.165, 1.54) is 0 Å². The summed E-state index contributed by atoms with van der Waals surface area (Å²) in [6, 6.07) is 7.81. The number of halogens is 1. The largest absolute Gasteiger partial charge is 0.394 e. The van der Waals surface area contributed by atoms with Gasteiger partial charge < -0.3 is 10.5 Å². The van der Waals surface area contributed by atoms with E-state index in [-0.39, 0.29) is 6.61 Å². The molecule has 4 heteroatoms. The molecular formula is C9H11BrN2O. The van der Waals surface area contributed by atoms with Crippen molar-refractivity contribution in [3.63, 3.8) is 0 Å². The molecule has 0 bridgehead atoms. The number of nitrogens with one attached hydrogen (secondary N) is 1. The van der Waals surface area contributed by atoms with Crippen LogP contribution >= 0.6 is 15.9 Å². The molecule has 0 radical (unpaired) electrons. The highest BCUT2D eigenvalue weighted by Gasteiger charge is 1.88. The lowest BCUT2D eigenvalue weighted by molar-refractivity contribution is 0.294. The number of aliphatic hydroxyl groups is 1. The molecule has 0 spiro atoms. The molecule has 0 aromatic heterocycles. The molecule has 1 aromatic carbocycles. The predicted molar refractivity (Wildman–Crippen MR) is 56.8 cm³/mol. The van der Waals surface area contributed by atoms with Gasteiger partial charge in [0.25, 0.3) is 0 Å². The first-order valence-corrected chi connectivity index (χ1v) is 4.74. The summed E-state index contributed by atoms with van der Waals surface area (Å²) < 4.78 is 1.03. The monoisotopic (exact) mass is 242 g/mol. The first-order valence-electron chi connectivity index (χ1n) is 3.95. The fraction of sp³-hybridized carbons (Fsp3) is 0.222. The van der Waals surface area contributed by atoms with Gasteiger partial charge in [-0.1, -0.05) is 28.1 Å². The summed E-state index contributed by atoms with van der Waals surface area (Å²) >= 11 is 3.36. The van der Waals surface area contributed by atoms with Crippen LogP contribution in [0.5, 0.6) is 0 Å². The minimum absolute atomic E-state index is 0.0931. The summed E-state index contributed by atoms with van der Waals surface area (Å²) in [5.74, 6) is 0. The average Bonchev–Trinajstić information content (AvgIpc) is 2.13. The molecule has 0 amide bonds. The van der Waals surface area contributed by atoms with Crippen molar-refractivity contribution < 1.29 is 5.11 Å². The van der Waals surface area contributed by atoms with Crippen molar-refractivity contribution in [1.29, 1.82) is 0 Å². The maximum absolute atomic E-state index is 8.46. The van der Waals surface area contributed by atoms with Crippen molar-refractivity contribution >= 4 is 22.1 Å². The number of rotatable bonds is 4. The Labute approximate surface area is 85.6 Å². The number of hydrogen-bond donors (Lipinski definition) is 2. The summed E-state index contributed by atoms with van der Waals surface area (Å²) in [5, 5.41) is 12.4. The molecule has 0 aliphatic heterocycles. The van der Waals surface area contributed by atoms with Crippen molar-refractivity contribution in [2.75, 3.05) is 13.2 Å². The van der Waals surface area contributed by atoms with Crippen LogP contribution in [0.3, 0.4) is 0 Å². The Kier molecular flexibility index (Phi) is 4.49. The normalized spacial score (nSPS) is 10.6. The molecule has 0 aliphatic carbocycles. The van der Waals surface area contributed by atoms with Gasteiger partial charge >= 0.3 is 0 Å². The third kappa shape index (κ3) is 4.05. The number of benzene rings is 1. The molecule has 0 heterocycles. The highest BCUT2D eigenvalue weighted by Crippen LogP contribution is 2.09. The van der Waals surface area contributed by atoms with Gasteiger partial charge in [-0.2, -0.15) is 5.10 Å². The maximum atomic E-state index is 8.46. The fourth-order valence-electron chi connectivity index (χ4n) is 0.822. The zero-order valence-electron chi connectivity index (χ0n) is 7.07. The SMILES string of the molecule is OCCN/N=C/c1cccc(Br)c1. The zero-order chi connectivity index (χ0) is 9.52. The van der Waals surface area contributed by atoms with E-state index in [0.29, 0.717) is 6.54 Å². The van der Waals surface area contributed by atoms with Crippen LogP contribution in [0.25, 0.3) is 0 Å². The summed E-state index contributed by atoms with van der Waals surface area (Å²) in [5.41, 5.74) is 3.72. The Balaban J connectivity index is 2.48. The van der Waals surface area contributed by atoms with E-state index < -0.39 is 0 Å². The predicted octanol–water partition coefficient (Wildman–Crippen LogP) is 1.36. The van der Waals surface area contributed by atoms with Crippen molar-refractivity contribution in [3.8, 4) is 0 Å². The summed E-state index contributed by atoms with van der Waals surface area (Å²) in [4.78, 5) is 0. The van der Waals surface area contributed by atoms with Gasteiger partial charge in [-0.05, 0) is 17.7 Å². The van der Waals surface area contributed by atoms with Crippen molar-refractivity contribution in [1.82, 2.24) is 5.43 Å². The van der Waals surface area contributed by atoms with Crippen LogP contribution in [-0.2, 0) is 0 Å². The van der Waals surface area contributed by atoms with Crippen LogP contribution in [0.4, 0.5) is 0 Å². The second-order valence-electron chi connectivity index (χ2n) is 2.44. The molecule has 13 heavy (non-hydrogen) atoms. The van der Waals surface area contributed by atoms with E-state index in [4.69, 9.17) is 5.11 Å². The summed E-state index contributed by atoms with van der Waals surface area (Å²) in [7, 11) is 0. The van der Waals surface area contributed by atoms with Gasteiger partial charge in [-0.15, -0.1) is 0 Å². The molecule has 0 fully saturated rings. The van der Waals surface area contributed by atoms with Gasteiger partial charge in [0, 0.05) is 4.47 Å². The third-order valence-electron chi connectivity index (χ3n) is 1.38. The van der Waals surface area contributed by atoms with Gasteiger partial charge in [0.15, 0.2) is 0 Å². The number of hydrazone groups is 1. The summed E-state index contributed by atoms with van der Waals surface area (Å²) in [6.07, 6.45) is 1.71. The number of nitrogens with zero attached hydrogens (tertiary/aromatic N) is 1. The van der Waals surface area contributed by atoms with Gasteiger partial charge in [-0.3, -0.25) is 0 Å². The molecule has 70 valence electrons. The van der Waals surface area contributed by atoms with E-state index in [2.05, 4.69) is 26.5 Å². The summed E-state index contributed by atoms with van der Waals surface area (Å²) in [6.45, 7) is 0.570. The minimum atomic E-state index is 0.0931. The molecule has 0 saturated carbocycles. The lowest BCUT2D eigenvalue weighted by Crippen LogP contribution is -2.11. The Bertz CT molecular complexity index is 289. The van der Waals surface area contributed by atoms with Gasteiger partial charge in [0.2, 0.25) is 0 Å². The third-order valence-corrected chi connectivity index (χ3v) is 1.87. The van der Waals surface area contributed by atoms with Gasteiger partial charge in [0.05, 0.1) is 19.4 Å². The maximum Gasteiger partial charge on any atom is 0.0620 e. The van der Waals surface area contributed by atoms with Crippen molar-refractivity contribution in [2.45, 2.75) is 0 Å². The Morgan fingerprint density at radius 1 is 1.54 bits per heavy atom. The molecule has 0 unspecified atom stereocenters. The minimum Gasteiger partial charge on any atom is -0.394 e. The smallest absolute Gasteiger partial charge is 0.0620 e. The van der Waals surface area contributed by atoms with Crippen molar-refractivity contribution in [2.24, 2.45) is 5.10 Å². The van der Waals surface area contributed by atoms with Crippen molar-refractivity contribution in [3.05, 3.63) is 34.3 Å². The number of aliphatic hydroxyl groups excluding tert-OH is 1. The second kappa shape index (κ2) is 5.72.